The molecule has 1 atom stereocenters. The molecule has 2 N–H and O–H groups in total. The number of carbonyl (C=O) groups excluding carboxylic acids is 1. The van der Waals surface area contributed by atoms with Gasteiger partial charge in [0.05, 0.1) is 6.26 Å². The topological polar surface area (TPSA) is 75.3 Å². The summed E-state index contributed by atoms with van der Waals surface area (Å²) < 4.78 is 24.8. The van der Waals surface area contributed by atoms with E-state index in [1.54, 1.807) is 12.1 Å². The van der Waals surface area contributed by atoms with E-state index in [1.165, 1.54) is 25.7 Å². The van der Waals surface area contributed by atoms with Crippen molar-refractivity contribution in [3.63, 3.8) is 0 Å². The first-order chi connectivity index (χ1) is 11.3. The van der Waals surface area contributed by atoms with Crippen LogP contribution in [-0.4, -0.2) is 27.1 Å². The monoisotopic (exact) mass is 352 g/mol. The zero-order valence-electron chi connectivity index (χ0n) is 14.5. The number of hydrogen-bond donors (Lipinski definition) is 2. The summed E-state index contributed by atoms with van der Waals surface area (Å²) in [5.41, 5.74) is 1.70. The van der Waals surface area contributed by atoms with E-state index < -0.39 is 10.0 Å². The first-order valence-corrected chi connectivity index (χ1v) is 10.6. The molecule has 0 aliphatic heterocycles. The Balaban J connectivity index is 1.69. The molecule has 24 heavy (non-hydrogen) atoms. The molecule has 1 unspecified atom stereocenters. The predicted molar refractivity (Wildman–Crippen MR) is 97.4 cm³/mol. The Bertz CT molecular complexity index is 635. The van der Waals surface area contributed by atoms with E-state index >= 15 is 0 Å². The Labute approximate surface area is 145 Å². The Hall–Kier alpha value is -1.56. The molecule has 0 bridgehead atoms. The van der Waals surface area contributed by atoms with Crippen LogP contribution in [0, 0.1) is 11.8 Å². The van der Waals surface area contributed by atoms with Crippen molar-refractivity contribution < 1.29 is 13.2 Å². The average molecular weight is 353 g/mol. The first-order valence-electron chi connectivity index (χ1n) is 8.69. The summed E-state index contributed by atoms with van der Waals surface area (Å²) in [7, 11) is -3.23. The number of hydrogen-bond acceptors (Lipinski definition) is 3. The van der Waals surface area contributed by atoms with Gasteiger partial charge in [-0.3, -0.25) is 9.52 Å². The largest absolute Gasteiger partial charge is 0.356 e. The summed E-state index contributed by atoms with van der Waals surface area (Å²) in [6.07, 6.45) is 7.75. The number of sulfonamides is 1. The minimum Gasteiger partial charge on any atom is -0.356 e. The number of anilines is 1. The van der Waals surface area contributed by atoms with Gasteiger partial charge in [0.15, 0.2) is 0 Å². The van der Waals surface area contributed by atoms with Gasteiger partial charge >= 0.3 is 0 Å². The molecule has 2 rings (SSSR count). The van der Waals surface area contributed by atoms with Gasteiger partial charge in [-0.2, -0.15) is 0 Å². The highest BCUT2D eigenvalue weighted by Crippen LogP contribution is 2.31. The predicted octanol–water partition coefficient (Wildman–Crippen LogP) is 2.93. The van der Waals surface area contributed by atoms with Gasteiger partial charge in [-0.15, -0.1) is 0 Å². The zero-order chi connectivity index (χ0) is 17.6. The van der Waals surface area contributed by atoms with Crippen LogP contribution in [-0.2, 0) is 21.2 Å². The third kappa shape index (κ3) is 6.15. The van der Waals surface area contributed by atoms with Crippen LogP contribution < -0.4 is 10.0 Å². The Morgan fingerprint density at radius 1 is 1.21 bits per heavy atom. The van der Waals surface area contributed by atoms with Gasteiger partial charge in [-0.05, 0) is 49.3 Å². The summed E-state index contributed by atoms with van der Waals surface area (Å²) in [5, 5.41) is 3.04. The molecule has 1 aromatic rings. The lowest BCUT2D eigenvalue weighted by molar-refractivity contribution is -0.126. The Morgan fingerprint density at radius 2 is 1.83 bits per heavy atom. The molecule has 0 radical (unpaired) electrons. The van der Waals surface area contributed by atoms with Gasteiger partial charge in [0, 0.05) is 18.2 Å². The van der Waals surface area contributed by atoms with E-state index in [4.69, 9.17) is 0 Å². The lowest BCUT2D eigenvalue weighted by atomic mass is 9.92. The van der Waals surface area contributed by atoms with E-state index in [9.17, 15) is 13.2 Å². The van der Waals surface area contributed by atoms with Crippen LogP contribution in [0.3, 0.4) is 0 Å². The van der Waals surface area contributed by atoms with Crippen molar-refractivity contribution in [1.82, 2.24) is 5.32 Å². The second kappa shape index (κ2) is 8.51. The Morgan fingerprint density at radius 3 is 2.42 bits per heavy atom. The van der Waals surface area contributed by atoms with Crippen LogP contribution in [0.1, 0.15) is 44.6 Å². The number of nitrogens with one attached hydrogen (secondary N) is 2. The normalized spacial score (nSPS) is 16.8. The third-order valence-corrected chi connectivity index (χ3v) is 5.33. The molecule has 0 spiro atoms. The van der Waals surface area contributed by atoms with Crippen molar-refractivity contribution in [1.29, 1.82) is 0 Å². The number of carbonyl (C=O) groups is 1. The number of amides is 1. The van der Waals surface area contributed by atoms with Gasteiger partial charge in [0.25, 0.3) is 0 Å². The van der Waals surface area contributed by atoms with E-state index in [0.29, 0.717) is 18.2 Å². The van der Waals surface area contributed by atoms with Crippen LogP contribution in [0.15, 0.2) is 24.3 Å². The van der Waals surface area contributed by atoms with E-state index in [0.717, 1.165) is 24.7 Å². The highest BCUT2D eigenvalue weighted by molar-refractivity contribution is 7.92. The molecule has 1 amide bonds. The fourth-order valence-electron chi connectivity index (χ4n) is 3.29. The van der Waals surface area contributed by atoms with Gasteiger partial charge in [-0.25, -0.2) is 8.42 Å². The van der Waals surface area contributed by atoms with Crippen LogP contribution >= 0.6 is 0 Å². The average Bonchev–Trinajstić information content (AvgIpc) is 3.05. The molecule has 0 heterocycles. The maximum Gasteiger partial charge on any atom is 0.229 e. The summed E-state index contributed by atoms with van der Waals surface area (Å²) in [6, 6.07) is 7.35. The highest BCUT2D eigenvalue weighted by Gasteiger charge is 2.26. The Kier molecular flexibility index (Phi) is 6.66. The van der Waals surface area contributed by atoms with Gasteiger partial charge < -0.3 is 5.32 Å². The van der Waals surface area contributed by atoms with Crippen molar-refractivity contribution in [3.8, 4) is 0 Å². The molecule has 1 aliphatic carbocycles. The maximum absolute atomic E-state index is 12.1. The van der Waals surface area contributed by atoms with Crippen molar-refractivity contribution in [2.24, 2.45) is 11.8 Å². The van der Waals surface area contributed by atoms with Crippen molar-refractivity contribution >= 4 is 21.6 Å². The number of rotatable bonds is 8. The molecule has 0 aromatic heterocycles. The van der Waals surface area contributed by atoms with Gasteiger partial charge in [0.1, 0.15) is 0 Å². The molecule has 1 aliphatic rings. The number of aryl methyl sites for hydroxylation is 1. The minimum atomic E-state index is -3.23. The summed E-state index contributed by atoms with van der Waals surface area (Å²) in [4.78, 5) is 12.1. The maximum atomic E-state index is 12.1. The second-order valence-corrected chi connectivity index (χ2v) is 8.55. The molecule has 5 nitrogen and oxygen atoms in total. The minimum absolute atomic E-state index is 0.119. The lowest BCUT2D eigenvalue weighted by Crippen LogP contribution is -2.33. The van der Waals surface area contributed by atoms with E-state index in [1.807, 2.05) is 19.1 Å². The summed E-state index contributed by atoms with van der Waals surface area (Å²) in [6.45, 7) is 2.72. The highest BCUT2D eigenvalue weighted by atomic mass is 32.2. The molecule has 134 valence electrons. The quantitative estimate of drug-likeness (QED) is 0.706. The standard InChI is InChI=1S/C18H28N2O3S/c1-14(16-7-3-4-8-16)18(21)19-13-5-6-15-9-11-17(12-10-15)20-24(2,22)23/h9-12,14,16,20H,3-8,13H2,1-2H3,(H,19,21). The smallest absolute Gasteiger partial charge is 0.229 e. The van der Waals surface area contributed by atoms with E-state index in [2.05, 4.69) is 10.0 Å². The van der Waals surface area contributed by atoms with Crippen LogP contribution in [0.4, 0.5) is 5.69 Å². The number of benzene rings is 1. The summed E-state index contributed by atoms with van der Waals surface area (Å²) >= 11 is 0. The lowest BCUT2D eigenvalue weighted by Gasteiger charge is -2.18. The third-order valence-electron chi connectivity index (χ3n) is 4.72. The molecular weight excluding hydrogens is 324 g/mol. The van der Waals surface area contributed by atoms with Crippen LogP contribution in [0.5, 0.6) is 0 Å². The zero-order valence-corrected chi connectivity index (χ0v) is 15.4. The molecular formula is C18H28N2O3S. The van der Waals surface area contributed by atoms with E-state index in [-0.39, 0.29) is 11.8 Å². The van der Waals surface area contributed by atoms with Crippen LogP contribution in [0.2, 0.25) is 0 Å². The molecule has 1 saturated carbocycles. The fraction of sp³-hybridized carbons (Fsp3) is 0.611. The van der Waals surface area contributed by atoms with Crippen molar-refractivity contribution in [3.05, 3.63) is 29.8 Å². The van der Waals surface area contributed by atoms with Gasteiger partial charge in [-0.1, -0.05) is 31.9 Å². The van der Waals surface area contributed by atoms with Crippen molar-refractivity contribution in [2.45, 2.75) is 45.4 Å². The molecule has 6 heteroatoms. The molecule has 1 aromatic carbocycles. The summed E-state index contributed by atoms with van der Waals surface area (Å²) in [5.74, 6) is 0.850. The SMILES string of the molecule is CC(C(=O)NCCCc1ccc(NS(C)(=O)=O)cc1)C1CCCC1. The molecule has 1 fully saturated rings. The first kappa shape index (κ1) is 18.8. The van der Waals surface area contributed by atoms with Gasteiger partial charge in [0.2, 0.25) is 15.9 Å². The fourth-order valence-corrected chi connectivity index (χ4v) is 3.85. The van der Waals surface area contributed by atoms with Crippen molar-refractivity contribution in [2.75, 3.05) is 17.5 Å². The molecule has 0 saturated heterocycles. The van der Waals surface area contributed by atoms with Crippen LogP contribution in [0.25, 0.3) is 0 Å². The second-order valence-electron chi connectivity index (χ2n) is 6.80.